The Balaban J connectivity index is 1.40. The topological polar surface area (TPSA) is 62.5 Å². The van der Waals surface area contributed by atoms with Gasteiger partial charge in [0, 0.05) is 30.2 Å². The van der Waals surface area contributed by atoms with Crippen LogP contribution in [0.3, 0.4) is 0 Å². The number of halogens is 1. The largest absolute Gasteiger partial charge is 0.341 e. The van der Waals surface area contributed by atoms with Crippen LogP contribution in [0.2, 0.25) is 5.02 Å². The monoisotopic (exact) mass is 422 g/mol. The highest BCUT2D eigenvalue weighted by molar-refractivity contribution is 6.30. The number of likely N-dealkylation sites (tertiary alicyclic amines) is 1. The molecular formula is C23H23ClN4O2. The Morgan fingerprint density at radius 3 is 2.70 bits per heavy atom. The average Bonchev–Trinajstić information content (AvgIpc) is 3.45. The molecule has 154 valence electrons. The molecule has 1 saturated heterocycles. The van der Waals surface area contributed by atoms with Crippen molar-refractivity contribution >= 4 is 17.5 Å². The highest BCUT2D eigenvalue weighted by Gasteiger charge is 2.35. The number of fused-ring (bicyclic) bond motifs is 1. The Kier molecular flexibility index (Phi) is 5.27. The molecule has 0 radical (unpaired) electrons. The number of hydrogen-bond acceptors (Lipinski definition) is 5. The molecule has 0 N–H and O–H groups in total. The third-order valence-electron chi connectivity index (χ3n) is 5.94. The average molecular weight is 423 g/mol. The minimum atomic E-state index is -0.209. The van der Waals surface area contributed by atoms with Gasteiger partial charge < -0.3 is 9.42 Å². The van der Waals surface area contributed by atoms with Crippen LogP contribution >= 0.6 is 11.6 Å². The zero-order valence-electron chi connectivity index (χ0n) is 16.6. The van der Waals surface area contributed by atoms with Crippen molar-refractivity contribution in [1.29, 1.82) is 0 Å². The molecule has 5 rings (SSSR count). The van der Waals surface area contributed by atoms with Gasteiger partial charge in [-0.2, -0.15) is 4.98 Å². The molecule has 6 nitrogen and oxygen atoms in total. The zero-order chi connectivity index (χ0) is 20.5. The van der Waals surface area contributed by atoms with E-state index in [9.17, 15) is 4.79 Å². The van der Waals surface area contributed by atoms with Crippen molar-refractivity contribution in [3.8, 4) is 11.4 Å². The second kappa shape index (κ2) is 8.20. The number of carbonyl (C=O) groups is 1. The summed E-state index contributed by atoms with van der Waals surface area (Å²) in [5.74, 6) is 1.22. The summed E-state index contributed by atoms with van der Waals surface area (Å²) in [4.78, 5) is 22.0. The molecule has 1 amide bonds. The zero-order valence-corrected chi connectivity index (χ0v) is 17.4. The molecule has 3 aromatic rings. The van der Waals surface area contributed by atoms with Crippen LogP contribution in [0.25, 0.3) is 11.4 Å². The first-order valence-electron chi connectivity index (χ1n) is 10.4. The lowest BCUT2D eigenvalue weighted by Gasteiger charge is -2.37. The second-order valence-electron chi connectivity index (χ2n) is 7.95. The molecule has 3 heterocycles. The van der Waals surface area contributed by atoms with Gasteiger partial charge in [-0.1, -0.05) is 53.2 Å². The van der Waals surface area contributed by atoms with Crippen LogP contribution in [0.1, 0.15) is 29.9 Å². The Morgan fingerprint density at radius 2 is 1.90 bits per heavy atom. The van der Waals surface area contributed by atoms with E-state index in [0.717, 1.165) is 31.5 Å². The Morgan fingerprint density at radius 1 is 1.10 bits per heavy atom. The van der Waals surface area contributed by atoms with Gasteiger partial charge in [0.1, 0.15) is 0 Å². The summed E-state index contributed by atoms with van der Waals surface area (Å²) in [5.41, 5.74) is 3.31. The maximum absolute atomic E-state index is 13.3. The lowest BCUT2D eigenvalue weighted by Crippen LogP contribution is -2.50. The smallest absolute Gasteiger partial charge is 0.241 e. The molecule has 30 heavy (non-hydrogen) atoms. The number of rotatable bonds is 4. The van der Waals surface area contributed by atoms with Gasteiger partial charge in [-0.25, -0.2) is 0 Å². The summed E-state index contributed by atoms with van der Waals surface area (Å²) in [6.45, 7) is 2.83. The van der Waals surface area contributed by atoms with Crippen molar-refractivity contribution in [3.63, 3.8) is 0 Å². The number of hydrogen-bond donors (Lipinski definition) is 0. The minimum absolute atomic E-state index is 0.205. The molecule has 2 aliphatic rings. The SMILES string of the molecule is O=C([C@H]1Cc2ccccc2CN1Cc1nc(-c2cccc(Cl)c2)no1)N1CCCC1. The van der Waals surface area contributed by atoms with Crippen LogP contribution in [-0.2, 0) is 24.3 Å². The van der Waals surface area contributed by atoms with E-state index in [1.54, 1.807) is 0 Å². The van der Waals surface area contributed by atoms with Crippen molar-refractivity contribution in [2.75, 3.05) is 13.1 Å². The molecule has 0 unspecified atom stereocenters. The van der Waals surface area contributed by atoms with Gasteiger partial charge in [-0.3, -0.25) is 9.69 Å². The summed E-state index contributed by atoms with van der Waals surface area (Å²) in [7, 11) is 0. The summed E-state index contributed by atoms with van der Waals surface area (Å²) >= 11 is 6.08. The molecule has 1 aromatic heterocycles. The Hall–Kier alpha value is -2.70. The maximum Gasteiger partial charge on any atom is 0.241 e. The highest BCUT2D eigenvalue weighted by atomic mass is 35.5. The van der Waals surface area contributed by atoms with Crippen LogP contribution in [-0.4, -0.2) is 45.0 Å². The van der Waals surface area contributed by atoms with Crippen molar-refractivity contribution in [2.24, 2.45) is 0 Å². The van der Waals surface area contributed by atoms with Gasteiger partial charge in [0.2, 0.25) is 17.6 Å². The van der Waals surface area contributed by atoms with Crippen LogP contribution in [0, 0.1) is 0 Å². The van der Waals surface area contributed by atoms with E-state index in [2.05, 4.69) is 27.2 Å². The fourth-order valence-electron chi connectivity index (χ4n) is 4.37. The van der Waals surface area contributed by atoms with E-state index in [1.165, 1.54) is 11.1 Å². The van der Waals surface area contributed by atoms with Crippen LogP contribution in [0.15, 0.2) is 53.1 Å². The van der Waals surface area contributed by atoms with Gasteiger partial charge in [-0.05, 0) is 42.5 Å². The number of aromatic nitrogens is 2. The third-order valence-corrected chi connectivity index (χ3v) is 6.17. The molecule has 7 heteroatoms. The lowest BCUT2D eigenvalue weighted by molar-refractivity contribution is -0.137. The molecule has 0 saturated carbocycles. The predicted octanol–water partition coefficient (Wildman–Crippen LogP) is 3.94. The quantitative estimate of drug-likeness (QED) is 0.637. The van der Waals surface area contributed by atoms with Gasteiger partial charge in [-0.15, -0.1) is 0 Å². The minimum Gasteiger partial charge on any atom is -0.341 e. The summed E-state index contributed by atoms with van der Waals surface area (Å²) in [5, 5.41) is 4.75. The fourth-order valence-corrected chi connectivity index (χ4v) is 4.56. The number of amides is 1. The van der Waals surface area contributed by atoms with Crippen molar-refractivity contribution in [2.45, 2.75) is 38.4 Å². The lowest BCUT2D eigenvalue weighted by atomic mass is 9.93. The summed E-state index contributed by atoms with van der Waals surface area (Å²) in [6.07, 6.45) is 2.88. The van der Waals surface area contributed by atoms with Crippen LogP contribution < -0.4 is 0 Å². The van der Waals surface area contributed by atoms with Gasteiger partial charge in [0.25, 0.3) is 0 Å². The first-order chi connectivity index (χ1) is 14.7. The van der Waals surface area contributed by atoms with Crippen molar-refractivity contribution in [1.82, 2.24) is 19.9 Å². The van der Waals surface area contributed by atoms with E-state index in [-0.39, 0.29) is 11.9 Å². The number of benzene rings is 2. The first-order valence-corrected chi connectivity index (χ1v) is 10.7. The van der Waals surface area contributed by atoms with E-state index in [1.807, 2.05) is 41.3 Å². The predicted molar refractivity (Wildman–Crippen MR) is 114 cm³/mol. The van der Waals surface area contributed by atoms with Crippen LogP contribution in [0.4, 0.5) is 0 Å². The summed E-state index contributed by atoms with van der Waals surface area (Å²) < 4.78 is 5.53. The van der Waals surface area contributed by atoms with Gasteiger partial charge >= 0.3 is 0 Å². The normalized spacial score (nSPS) is 19.1. The highest BCUT2D eigenvalue weighted by Crippen LogP contribution is 2.27. The van der Waals surface area contributed by atoms with E-state index >= 15 is 0 Å². The van der Waals surface area contributed by atoms with E-state index in [4.69, 9.17) is 16.1 Å². The van der Waals surface area contributed by atoms with Crippen molar-refractivity contribution < 1.29 is 9.32 Å². The maximum atomic E-state index is 13.3. The first kappa shape index (κ1) is 19.3. The Bertz CT molecular complexity index is 1060. The molecular weight excluding hydrogens is 400 g/mol. The second-order valence-corrected chi connectivity index (χ2v) is 8.38. The standard InChI is InChI=1S/C23H23ClN4O2/c24-19-9-5-8-17(12-19)22-25-21(30-26-22)15-28-14-18-7-2-1-6-16(18)13-20(28)23(29)27-10-3-4-11-27/h1-2,5-9,12,20H,3-4,10-11,13-15H2/t20-/m1/s1. The van der Waals surface area contributed by atoms with Gasteiger partial charge in [0.15, 0.2) is 0 Å². The number of nitrogens with zero attached hydrogens (tertiary/aromatic N) is 4. The third kappa shape index (κ3) is 3.85. The molecule has 1 atom stereocenters. The van der Waals surface area contributed by atoms with Crippen molar-refractivity contribution in [3.05, 3.63) is 70.6 Å². The van der Waals surface area contributed by atoms with Gasteiger partial charge in [0.05, 0.1) is 12.6 Å². The summed E-state index contributed by atoms with van der Waals surface area (Å²) in [6, 6.07) is 15.5. The van der Waals surface area contributed by atoms with E-state index < -0.39 is 0 Å². The molecule has 2 aromatic carbocycles. The molecule has 1 fully saturated rings. The molecule has 0 spiro atoms. The Labute approximate surface area is 180 Å². The molecule has 0 aliphatic carbocycles. The molecule has 2 aliphatic heterocycles. The van der Waals surface area contributed by atoms with E-state index in [0.29, 0.717) is 36.2 Å². The van der Waals surface area contributed by atoms with Crippen LogP contribution in [0.5, 0.6) is 0 Å². The fraction of sp³-hybridized carbons (Fsp3) is 0.348. The molecule has 0 bridgehead atoms. The number of carbonyl (C=O) groups excluding carboxylic acids is 1.